The molecule has 140 valence electrons. The summed E-state index contributed by atoms with van der Waals surface area (Å²) in [5, 5.41) is 13.5. The highest BCUT2D eigenvalue weighted by Crippen LogP contribution is 2.31. The summed E-state index contributed by atoms with van der Waals surface area (Å²) in [5.41, 5.74) is 2.57. The van der Waals surface area contributed by atoms with Gasteiger partial charge in [-0.2, -0.15) is 18.3 Å². The maximum Gasteiger partial charge on any atom is 0.416 e. The molecule has 3 heterocycles. The van der Waals surface area contributed by atoms with E-state index in [1.54, 1.807) is 0 Å². The Labute approximate surface area is 153 Å². The molecular weight excluding hydrogens is 357 g/mol. The molecule has 0 amide bonds. The fourth-order valence-corrected chi connectivity index (χ4v) is 2.99. The third-order valence-electron chi connectivity index (χ3n) is 4.36. The van der Waals surface area contributed by atoms with E-state index in [0.29, 0.717) is 29.6 Å². The molecule has 1 aliphatic rings. The molecule has 1 aliphatic heterocycles. The van der Waals surface area contributed by atoms with Gasteiger partial charge in [0.15, 0.2) is 11.6 Å². The van der Waals surface area contributed by atoms with Gasteiger partial charge in [0.05, 0.1) is 11.3 Å². The van der Waals surface area contributed by atoms with Crippen LogP contribution in [0.4, 0.5) is 24.8 Å². The van der Waals surface area contributed by atoms with Crippen LogP contribution in [0.1, 0.15) is 22.5 Å². The Morgan fingerprint density at radius 2 is 1.89 bits per heavy atom. The molecule has 0 aliphatic carbocycles. The smallest absolute Gasteiger partial charge is 0.323 e. The van der Waals surface area contributed by atoms with Crippen LogP contribution in [0, 0.1) is 6.92 Å². The highest BCUT2D eigenvalue weighted by atomic mass is 19.4. The molecule has 0 atom stereocenters. The Balaban J connectivity index is 1.74. The number of hydrogen-bond donors (Lipinski definition) is 3. The summed E-state index contributed by atoms with van der Waals surface area (Å²) in [4.78, 5) is 9.14. The normalized spacial score (nSPS) is 14.1. The number of nitrogens with one attached hydrogen (secondary N) is 3. The lowest BCUT2D eigenvalue weighted by molar-refractivity contribution is -0.137. The minimum atomic E-state index is -4.37. The third kappa shape index (κ3) is 3.63. The summed E-state index contributed by atoms with van der Waals surface area (Å²) in [6.07, 6.45) is -3.65. The van der Waals surface area contributed by atoms with Crippen LogP contribution >= 0.6 is 0 Å². The highest BCUT2D eigenvalue weighted by molar-refractivity contribution is 5.64. The molecule has 0 saturated heterocycles. The lowest BCUT2D eigenvalue weighted by Gasteiger charge is -2.20. The van der Waals surface area contributed by atoms with Gasteiger partial charge in [-0.1, -0.05) is 12.1 Å². The number of anilines is 2. The van der Waals surface area contributed by atoms with Gasteiger partial charge >= 0.3 is 6.18 Å². The van der Waals surface area contributed by atoms with E-state index in [-0.39, 0.29) is 0 Å². The summed E-state index contributed by atoms with van der Waals surface area (Å²) in [5.74, 6) is 1.62. The van der Waals surface area contributed by atoms with E-state index in [1.165, 1.54) is 12.1 Å². The average molecular weight is 374 g/mol. The van der Waals surface area contributed by atoms with Crippen LogP contribution in [0.2, 0.25) is 0 Å². The highest BCUT2D eigenvalue weighted by Gasteiger charge is 2.30. The van der Waals surface area contributed by atoms with Crippen molar-refractivity contribution in [3.05, 3.63) is 52.8 Å². The number of aryl methyl sites for hydroxylation is 1. The number of H-pyrrole nitrogens is 1. The van der Waals surface area contributed by atoms with Gasteiger partial charge in [-0.05, 0) is 19.1 Å². The molecule has 0 unspecified atom stereocenters. The van der Waals surface area contributed by atoms with Crippen molar-refractivity contribution < 1.29 is 13.2 Å². The molecule has 0 radical (unpaired) electrons. The van der Waals surface area contributed by atoms with E-state index in [1.807, 2.05) is 13.0 Å². The molecule has 27 heavy (non-hydrogen) atoms. The summed E-state index contributed by atoms with van der Waals surface area (Å²) >= 11 is 0. The molecule has 0 saturated carbocycles. The molecule has 2 aromatic heterocycles. The number of fused-ring (bicyclic) bond motifs is 1. The lowest BCUT2D eigenvalue weighted by atomic mass is 10.1. The fourth-order valence-electron chi connectivity index (χ4n) is 2.99. The van der Waals surface area contributed by atoms with E-state index in [4.69, 9.17) is 0 Å². The first-order valence-electron chi connectivity index (χ1n) is 8.47. The van der Waals surface area contributed by atoms with Crippen molar-refractivity contribution in [1.82, 2.24) is 25.5 Å². The van der Waals surface area contributed by atoms with E-state index < -0.39 is 11.7 Å². The number of hydrogen-bond acceptors (Lipinski definition) is 5. The molecule has 1 aromatic carbocycles. The number of rotatable bonds is 3. The Hall–Kier alpha value is -2.94. The van der Waals surface area contributed by atoms with Crippen LogP contribution in [0.25, 0.3) is 11.4 Å². The van der Waals surface area contributed by atoms with E-state index in [2.05, 4.69) is 30.8 Å². The molecule has 3 aromatic rings. The van der Waals surface area contributed by atoms with Gasteiger partial charge in [0.2, 0.25) is 0 Å². The predicted octanol–water partition coefficient (Wildman–Crippen LogP) is 3.58. The molecule has 0 spiro atoms. The first-order valence-corrected chi connectivity index (χ1v) is 8.47. The topological polar surface area (TPSA) is 78.5 Å². The first-order chi connectivity index (χ1) is 12.9. The number of aromatic nitrogens is 4. The van der Waals surface area contributed by atoms with Gasteiger partial charge in [-0.15, -0.1) is 0 Å². The van der Waals surface area contributed by atoms with Crippen molar-refractivity contribution >= 4 is 11.6 Å². The van der Waals surface area contributed by atoms with Crippen LogP contribution in [0.5, 0.6) is 0 Å². The van der Waals surface area contributed by atoms with Crippen LogP contribution in [-0.2, 0) is 19.1 Å². The van der Waals surface area contributed by atoms with Crippen LogP contribution in [-0.4, -0.2) is 26.7 Å². The second-order valence-electron chi connectivity index (χ2n) is 6.38. The molecular formula is C18H17F3N6. The molecule has 4 rings (SSSR count). The average Bonchev–Trinajstić information content (AvgIpc) is 3.06. The summed E-state index contributed by atoms with van der Waals surface area (Å²) in [7, 11) is 0. The Morgan fingerprint density at radius 1 is 1.11 bits per heavy atom. The van der Waals surface area contributed by atoms with Crippen molar-refractivity contribution in [2.45, 2.75) is 26.1 Å². The molecule has 0 fully saturated rings. The molecule has 0 bridgehead atoms. The fraction of sp³-hybridized carbons (Fsp3) is 0.278. The Morgan fingerprint density at radius 3 is 2.56 bits per heavy atom. The van der Waals surface area contributed by atoms with Crippen LogP contribution in [0.3, 0.4) is 0 Å². The van der Waals surface area contributed by atoms with Gasteiger partial charge in [-0.25, -0.2) is 9.97 Å². The van der Waals surface area contributed by atoms with Crippen molar-refractivity contribution in [2.24, 2.45) is 0 Å². The first kappa shape index (κ1) is 17.5. The van der Waals surface area contributed by atoms with Crippen molar-refractivity contribution in [3.8, 4) is 11.4 Å². The van der Waals surface area contributed by atoms with Gasteiger partial charge < -0.3 is 10.6 Å². The predicted molar refractivity (Wildman–Crippen MR) is 94.5 cm³/mol. The van der Waals surface area contributed by atoms with E-state index in [0.717, 1.165) is 42.0 Å². The quantitative estimate of drug-likeness (QED) is 0.653. The number of alkyl halides is 3. The maximum atomic E-state index is 12.8. The maximum absolute atomic E-state index is 12.8. The number of aromatic amines is 1. The zero-order valence-corrected chi connectivity index (χ0v) is 14.5. The third-order valence-corrected chi connectivity index (χ3v) is 4.36. The minimum Gasteiger partial charge on any atom is -0.323 e. The SMILES string of the molecule is Cc1cc(Nc2nc(-c3ccc(C(F)(F)F)cc3)nc3c2CNCC3)n[nH]1. The lowest BCUT2D eigenvalue weighted by Crippen LogP contribution is -2.26. The largest absolute Gasteiger partial charge is 0.416 e. The van der Waals surface area contributed by atoms with E-state index >= 15 is 0 Å². The van der Waals surface area contributed by atoms with Crippen molar-refractivity contribution in [1.29, 1.82) is 0 Å². The van der Waals surface area contributed by atoms with Gasteiger partial charge in [-0.3, -0.25) is 5.10 Å². The minimum absolute atomic E-state index is 0.388. The van der Waals surface area contributed by atoms with E-state index in [9.17, 15) is 13.2 Å². The second-order valence-corrected chi connectivity index (χ2v) is 6.38. The van der Waals surface area contributed by atoms with Crippen LogP contribution < -0.4 is 10.6 Å². The summed E-state index contributed by atoms with van der Waals surface area (Å²) in [6.45, 7) is 3.30. The Bertz CT molecular complexity index is 962. The standard InChI is InChI=1S/C18H17F3N6/c1-10-8-15(27-26-10)24-17-13-9-22-7-6-14(13)23-16(25-17)11-2-4-12(5-3-11)18(19,20)21/h2-5,8,22H,6-7,9H2,1H3,(H2,23,24,25,26,27). The van der Waals surface area contributed by atoms with Gasteiger partial charge in [0, 0.05) is 42.4 Å². The van der Waals surface area contributed by atoms with Gasteiger partial charge in [0.1, 0.15) is 5.82 Å². The van der Waals surface area contributed by atoms with Gasteiger partial charge in [0.25, 0.3) is 0 Å². The number of benzene rings is 1. The zero-order chi connectivity index (χ0) is 19.0. The monoisotopic (exact) mass is 374 g/mol. The Kier molecular flexibility index (Phi) is 4.31. The number of halogens is 3. The molecule has 9 heteroatoms. The summed E-state index contributed by atoms with van der Waals surface area (Å²) in [6, 6.07) is 6.73. The van der Waals surface area contributed by atoms with Crippen LogP contribution in [0.15, 0.2) is 30.3 Å². The zero-order valence-electron chi connectivity index (χ0n) is 14.5. The number of nitrogens with zero attached hydrogens (tertiary/aromatic N) is 3. The molecule has 6 nitrogen and oxygen atoms in total. The molecule has 3 N–H and O–H groups in total. The second kappa shape index (κ2) is 6.66. The van der Waals surface area contributed by atoms with Crippen molar-refractivity contribution in [2.75, 3.05) is 11.9 Å². The van der Waals surface area contributed by atoms with Crippen molar-refractivity contribution in [3.63, 3.8) is 0 Å². The summed E-state index contributed by atoms with van der Waals surface area (Å²) < 4.78 is 38.4.